The largest absolute Gasteiger partial charge is 0.496 e. The molecule has 100 valence electrons. The summed E-state index contributed by atoms with van der Waals surface area (Å²) >= 11 is 0. The molecular formula is C13H18FNO3. The highest BCUT2D eigenvalue weighted by Crippen LogP contribution is 2.22. The Morgan fingerprint density at radius 1 is 1.50 bits per heavy atom. The number of amides is 1. The Bertz CT molecular complexity index is 444. The zero-order chi connectivity index (χ0) is 13.9. The van der Waals surface area contributed by atoms with Gasteiger partial charge in [0.25, 0.3) is 5.91 Å². The molecule has 5 heteroatoms. The molecule has 1 aromatic carbocycles. The summed E-state index contributed by atoms with van der Waals surface area (Å²) < 4.78 is 18.6. The summed E-state index contributed by atoms with van der Waals surface area (Å²) in [5.41, 5.74) is -1.02. The minimum Gasteiger partial charge on any atom is -0.496 e. The van der Waals surface area contributed by atoms with Crippen molar-refractivity contribution in [2.75, 3.05) is 7.11 Å². The van der Waals surface area contributed by atoms with Crippen LogP contribution < -0.4 is 10.1 Å². The van der Waals surface area contributed by atoms with Gasteiger partial charge in [-0.05, 0) is 32.9 Å². The molecule has 0 aliphatic carbocycles. The van der Waals surface area contributed by atoms with Crippen molar-refractivity contribution in [3.05, 3.63) is 29.6 Å². The molecule has 0 aromatic heterocycles. The number of aliphatic hydroxyl groups excluding tert-OH is 1. The van der Waals surface area contributed by atoms with Crippen molar-refractivity contribution in [2.45, 2.75) is 32.4 Å². The number of ether oxygens (including phenoxy) is 1. The molecule has 0 aliphatic heterocycles. The van der Waals surface area contributed by atoms with Crippen molar-refractivity contribution in [1.29, 1.82) is 0 Å². The predicted octanol–water partition coefficient (Wildman–Crippen LogP) is 1.72. The van der Waals surface area contributed by atoms with Crippen molar-refractivity contribution >= 4 is 5.91 Å². The fourth-order valence-corrected chi connectivity index (χ4v) is 1.35. The van der Waals surface area contributed by atoms with Crippen LogP contribution in [0.1, 0.15) is 31.1 Å². The topological polar surface area (TPSA) is 58.6 Å². The van der Waals surface area contributed by atoms with E-state index in [4.69, 9.17) is 4.74 Å². The standard InChI is InChI=1S/C13H18FNO3/c1-8(16)13(2,3)15-12(17)11-9(14)6-5-7-10(11)18-4/h5-8,16H,1-4H3,(H,15,17). The average molecular weight is 255 g/mol. The minimum atomic E-state index is -0.857. The summed E-state index contributed by atoms with van der Waals surface area (Å²) in [5, 5.41) is 12.1. The summed E-state index contributed by atoms with van der Waals surface area (Å²) in [6.45, 7) is 4.87. The van der Waals surface area contributed by atoms with Gasteiger partial charge in [-0.3, -0.25) is 4.79 Å². The molecule has 0 saturated carbocycles. The van der Waals surface area contributed by atoms with Crippen LogP contribution in [0.4, 0.5) is 4.39 Å². The van der Waals surface area contributed by atoms with Crippen LogP contribution in [0.25, 0.3) is 0 Å². The minimum absolute atomic E-state index is 0.159. The van der Waals surface area contributed by atoms with Crippen molar-refractivity contribution in [3.8, 4) is 5.75 Å². The van der Waals surface area contributed by atoms with Gasteiger partial charge in [-0.25, -0.2) is 4.39 Å². The first-order valence-corrected chi connectivity index (χ1v) is 5.62. The first-order chi connectivity index (χ1) is 8.29. The highest BCUT2D eigenvalue weighted by Gasteiger charge is 2.28. The second-order valence-electron chi connectivity index (χ2n) is 4.67. The molecule has 4 nitrogen and oxygen atoms in total. The van der Waals surface area contributed by atoms with Crippen LogP contribution in [0.15, 0.2) is 18.2 Å². The third-order valence-electron chi connectivity index (χ3n) is 2.90. The van der Waals surface area contributed by atoms with Crippen LogP contribution in [0.5, 0.6) is 5.75 Å². The third kappa shape index (κ3) is 2.98. The van der Waals surface area contributed by atoms with Crippen molar-refractivity contribution in [1.82, 2.24) is 5.32 Å². The molecule has 0 heterocycles. The van der Waals surface area contributed by atoms with Crippen molar-refractivity contribution in [3.63, 3.8) is 0 Å². The Labute approximate surface area is 106 Å². The van der Waals surface area contributed by atoms with E-state index in [-0.39, 0.29) is 11.3 Å². The number of methoxy groups -OCH3 is 1. The van der Waals surface area contributed by atoms with Crippen molar-refractivity contribution < 1.29 is 19.0 Å². The number of rotatable bonds is 4. The summed E-state index contributed by atoms with van der Waals surface area (Å²) in [6.07, 6.45) is -0.765. The summed E-state index contributed by atoms with van der Waals surface area (Å²) in [6, 6.07) is 4.16. The van der Waals surface area contributed by atoms with Crippen LogP contribution in [0.3, 0.4) is 0 Å². The number of halogens is 1. The summed E-state index contributed by atoms with van der Waals surface area (Å²) in [4.78, 5) is 12.0. The van der Waals surface area contributed by atoms with E-state index in [0.29, 0.717) is 0 Å². The van der Waals surface area contributed by atoms with Gasteiger partial charge in [0.2, 0.25) is 0 Å². The first-order valence-electron chi connectivity index (χ1n) is 5.62. The van der Waals surface area contributed by atoms with Gasteiger partial charge in [0.15, 0.2) is 0 Å². The number of hydrogen-bond donors (Lipinski definition) is 2. The molecule has 0 spiro atoms. The lowest BCUT2D eigenvalue weighted by atomic mass is 9.98. The van der Waals surface area contributed by atoms with Gasteiger partial charge in [-0.2, -0.15) is 0 Å². The Morgan fingerprint density at radius 3 is 2.61 bits per heavy atom. The molecule has 1 rings (SSSR count). The number of hydrogen-bond acceptors (Lipinski definition) is 3. The maximum absolute atomic E-state index is 13.7. The highest BCUT2D eigenvalue weighted by atomic mass is 19.1. The fraction of sp³-hybridized carbons (Fsp3) is 0.462. The van der Waals surface area contributed by atoms with E-state index in [1.165, 1.54) is 25.3 Å². The van der Waals surface area contributed by atoms with Gasteiger partial charge in [-0.1, -0.05) is 6.07 Å². The van der Waals surface area contributed by atoms with Crippen LogP contribution in [0, 0.1) is 5.82 Å². The van der Waals surface area contributed by atoms with Crippen LogP contribution in [0.2, 0.25) is 0 Å². The number of carbonyl (C=O) groups is 1. The van der Waals surface area contributed by atoms with Gasteiger partial charge >= 0.3 is 0 Å². The molecule has 1 amide bonds. The molecule has 2 N–H and O–H groups in total. The lowest BCUT2D eigenvalue weighted by Gasteiger charge is -2.29. The van der Waals surface area contributed by atoms with E-state index in [1.807, 2.05) is 0 Å². The van der Waals surface area contributed by atoms with Gasteiger partial charge in [-0.15, -0.1) is 0 Å². The maximum atomic E-state index is 13.7. The number of nitrogens with one attached hydrogen (secondary N) is 1. The summed E-state index contributed by atoms with van der Waals surface area (Å²) in [7, 11) is 1.37. The molecule has 18 heavy (non-hydrogen) atoms. The number of benzene rings is 1. The van der Waals surface area contributed by atoms with Gasteiger partial charge in [0.1, 0.15) is 17.1 Å². The number of aliphatic hydroxyl groups is 1. The van der Waals surface area contributed by atoms with Crippen LogP contribution >= 0.6 is 0 Å². The van der Waals surface area contributed by atoms with E-state index < -0.39 is 23.4 Å². The lowest BCUT2D eigenvalue weighted by molar-refractivity contribution is 0.0703. The van der Waals surface area contributed by atoms with Crippen LogP contribution in [-0.4, -0.2) is 29.8 Å². The molecule has 0 bridgehead atoms. The molecule has 1 atom stereocenters. The normalized spacial score (nSPS) is 13.0. The first kappa shape index (κ1) is 14.4. The Morgan fingerprint density at radius 2 is 2.11 bits per heavy atom. The Balaban J connectivity index is 3.05. The van der Waals surface area contributed by atoms with E-state index >= 15 is 0 Å². The molecule has 0 fully saturated rings. The van der Waals surface area contributed by atoms with E-state index in [0.717, 1.165) is 0 Å². The zero-order valence-electron chi connectivity index (χ0n) is 11.0. The quantitative estimate of drug-likeness (QED) is 0.861. The molecule has 0 aliphatic rings. The monoisotopic (exact) mass is 255 g/mol. The van der Waals surface area contributed by atoms with Crippen LogP contribution in [-0.2, 0) is 0 Å². The second kappa shape index (κ2) is 5.35. The average Bonchev–Trinajstić information content (AvgIpc) is 2.27. The van der Waals surface area contributed by atoms with E-state index in [9.17, 15) is 14.3 Å². The van der Waals surface area contributed by atoms with Gasteiger partial charge in [0.05, 0.1) is 18.8 Å². The molecule has 0 saturated heterocycles. The number of carbonyl (C=O) groups excluding carboxylic acids is 1. The molecule has 1 aromatic rings. The SMILES string of the molecule is COc1cccc(F)c1C(=O)NC(C)(C)C(C)O. The van der Waals surface area contributed by atoms with Gasteiger partial charge in [0, 0.05) is 0 Å². The molecule has 0 radical (unpaired) electrons. The predicted molar refractivity (Wildman–Crippen MR) is 66.2 cm³/mol. The molecular weight excluding hydrogens is 237 g/mol. The zero-order valence-corrected chi connectivity index (χ0v) is 11.0. The lowest BCUT2D eigenvalue weighted by Crippen LogP contribution is -2.51. The Hall–Kier alpha value is -1.62. The van der Waals surface area contributed by atoms with E-state index in [1.54, 1.807) is 20.8 Å². The second-order valence-corrected chi connectivity index (χ2v) is 4.67. The Kier molecular flexibility index (Phi) is 4.29. The fourth-order valence-electron chi connectivity index (χ4n) is 1.35. The maximum Gasteiger partial charge on any atom is 0.258 e. The molecule has 1 unspecified atom stereocenters. The highest BCUT2D eigenvalue weighted by molar-refractivity contribution is 5.97. The van der Waals surface area contributed by atoms with E-state index in [2.05, 4.69) is 5.32 Å². The van der Waals surface area contributed by atoms with Gasteiger partial charge < -0.3 is 15.2 Å². The summed E-state index contributed by atoms with van der Waals surface area (Å²) in [5.74, 6) is -1.11. The smallest absolute Gasteiger partial charge is 0.258 e. The third-order valence-corrected chi connectivity index (χ3v) is 2.90. The van der Waals surface area contributed by atoms with Crippen molar-refractivity contribution in [2.24, 2.45) is 0 Å².